The lowest BCUT2D eigenvalue weighted by atomic mass is 9.78. The summed E-state index contributed by atoms with van der Waals surface area (Å²) in [5.74, 6) is 2.17. The van der Waals surface area contributed by atoms with Crippen LogP contribution in [0.25, 0.3) is 0 Å². The Bertz CT molecular complexity index is 686. The number of benzene rings is 1. The van der Waals surface area contributed by atoms with E-state index in [1.54, 1.807) is 24.3 Å². The van der Waals surface area contributed by atoms with Crippen LogP contribution in [0.5, 0.6) is 5.75 Å². The van der Waals surface area contributed by atoms with Gasteiger partial charge in [0, 0.05) is 25.7 Å². The van der Waals surface area contributed by atoms with Crippen molar-refractivity contribution in [1.82, 2.24) is 9.62 Å². The van der Waals surface area contributed by atoms with Crippen molar-refractivity contribution in [3.05, 3.63) is 24.3 Å². The number of hydrogen-bond donors (Lipinski definition) is 1. The number of nitrogens with one attached hydrogen (secondary N) is 1. The maximum absolute atomic E-state index is 12.6. The van der Waals surface area contributed by atoms with Crippen LogP contribution in [-0.4, -0.2) is 58.2 Å². The summed E-state index contributed by atoms with van der Waals surface area (Å²) in [6, 6.07) is 7.28. The molecule has 6 nitrogen and oxygen atoms in total. The maximum atomic E-state index is 12.6. The molecule has 3 rings (SSSR count). The zero-order valence-electron chi connectivity index (χ0n) is 16.4. The fourth-order valence-corrected chi connectivity index (χ4v) is 5.34. The second-order valence-electron chi connectivity index (χ2n) is 7.66. The highest BCUT2D eigenvalue weighted by molar-refractivity contribution is 7.89. The Labute approximate surface area is 163 Å². The first-order chi connectivity index (χ1) is 13.0. The van der Waals surface area contributed by atoms with Gasteiger partial charge in [0.05, 0.1) is 18.1 Å². The molecule has 1 aliphatic carbocycles. The van der Waals surface area contributed by atoms with Crippen LogP contribution >= 0.6 is 0 Å². The number of rotatable bonds is 7. The van der Waals surface area contributed by atoms with Crippen molar-refractivity contribution in [1.29, 1.82) is 0 Å². The SMILES string of the molecule is CC1CCCC(NCCOc2ccc(S(=O)(=O)N3CCOCC3)cc2)C1C. The highest BCUT2D eigenvalue weighted by Gasteiger charge is 2.27. The zero-order valence-corrected chi connectivity index (χ0v) is 17.2. The van der Waals surface area contributed by atoms with Crippen molar-refractivity contribution in [3.8, 4) is 5.75 Å². The Morgan fingerprint density at radius 2 is 1.85 bits per heavy atom. The molecule has 2 aliphatic rings. The summed E-state index contributed by atoms with van der Waals surface area (Å²) in [7, 11) is -3.44. The van der Waals surface area contributed by atoms with Crippen LogP contribution in [0.15, 0.2) is 29.2 Å². The average Bonchev–Trinajstić information content (AvgIpc) is 2.69. The number of sulfonamides is 1. The number of hydrogen-bond acceptors (Lipinski definition) is 5. The van der Waals surface area contributed by atoms with Gasteiger partial charge >= 0.3 is 0 Å². The molecule has 1 saturated heterocycles. The highest BCUT2D eigenvalue weighted by atomic mass is 32.2. The molecule has 1 aromatic rings. The van der Waals surface area contributed by atoms with Gasteiger partial charge in [-0.3, -0.25) is 0 Å². The Balaban J connectivity index is 1.46. The largest absolute Gasteiger partial charge is 0.492 e. The van der Waals surface area contributed by atoms with Crippen molar-refractivity contribution < 1.29 is 17.9 Å². The number of nitrogens with zero attached hydrogens (tertiary/aromatic N) is 1. The van der Waals surface area contributed by atoms with Crippen molar-refractivity contribution in [2.24, 2.45) is 11.8 Å². The minimum Gasteiger partial charge on any atom is -0.492 e. The van der Waals surface area contributed by atoms with E-state index < -0.39 is 10.0 Å². The first-order valence-electron chi connectivity index (χ1n) is 10.0. The summed E-state index contributed by atoms with van der Waals surface area (Å²) in [6.45, 7) is 7.76. The first kappa shape index (κ1) is 20.6. The van der Waals surface area contributed by atoms with E-state index >= 15 is 0 Å². The predicted molar refractivity (Wildman–Crippen MR) is 105 cm³/mol. The highest BCUT2D eigenvalue weighted by Crippen LogP contribution is 2.29. The topological polar surface area (TPSA) is 67.9 Å². The second-order valence-corrected chi connectivity index (χ2v) is 9.60. The van der Waals surface area contributed by atoms with Gasteiger partial charge in [-0.25, -0.2) is 8.42 Å². The maximum Gasteiger partial charge on any atom is 0.243 e. The van der Waals surface area contributed by atoms with Gasteiger partial charge in [-0.2, -0.15) is 4.31 Å². The third-order valence-electron chi connectivity index (χ3n) is 5.92. The van der Waals surface area contributed by atoms with Crippen LogP contribution in [0.3, 0.4) is 0 Å². The van der Waals surface area contributed by atoms with Crippen molar-refractivity contribution in [3.63, 3.8) is 0 Å². The molecule has 1 N–H and O–H groups in total. The van der Waals surface area contributed by atoms with Gasteiger partial charge in [0.2, 0.25) is 10.0 Å². The molecule has 1 heterocycles. The normalized spacial score (nSPS) is 27.4. The van der Waals surface area contributed by atoms with E-state index in [1.165, 1.54) is 23.6 Å². The van der Waals surface area contributed by atoms with Crippen LogP contribution in [0, 0.1) is 11.8 Å². The summed E-state index contributed by atoms with van der Waals surface area (Å²) in [5, 5.41) is 3.61. The molecule has 0 spiro atoms. The summed E-state index contributed by atoms with van der Waals surface area (Å²) in [5.41, 5.74) is 0. The van der Waals surface area contributed by atoms with Crippen molar-refractivity contribution in [2.75, 3.05) is 39.5 Å². The molecule has 27 heavy (non-hydrogen) atoms. The predicted octanol–water partition coefficient (Wildman–Crippen LogP) is 2.50. The molecule has 1 aromatic carbocycles. The van der Waals surface area contributed by atoms with Crippen LogP contribution in [0.4, 0.5) is 0 Å². The van der Waals surface area contributed by atoms with Crippen LogP contribution < -0.4 is 10.1 Å². The molecule has 0 radical (unpaired) electrons. The van der Waals surface area contributed by atoms with E-state index in [2.05, 4.69) is 19.2 Å². The molecule has 1 aliphatic heterocycles. The number of ether oxygens (including phenoxy) is 2. The molecule has 3 atom stereocenters. The lowest BCUT2D eigenvalue weighted by Crippen LogP contribution is -2.42. The van der Waals surface area contributed by atoms with E-state index in [0.717, 1.165) is 12.5 Å². The van der Waals surface area contributed by atoms with Gasteiger partial charge < -0.3 is 14.8 Å². The standard InChI is InChI=1S/C20H32N2O4S/c1-16-4-3-5-20(17(16)2)21-10-13-26-18-6-8-19(9-7-18)27(23,24)22-11-14-25-15-12-22/h6-9,16-17,20-21H,3-5,10-15H2,1-2H3. The molecule has 7 heteroatoms. The smallest absolute Gasteiger partial charge is 0.243 e. The van der Waals surface area contributed by atoms with E-state index in [-0.39, 0.29) is 0 Å². The zero-order chi connectivity index (χ0) is 19.3. The van der Waals surface area contributed by atoms with Gasteiger partial charge in [0.15, 0.2) is 0 Å². The second kappa shape index (κ2) is 9.37. The van der Waals surface area contributed by atoms with Gasteiger partial charge in [-0.15, -0.1) is 0 Å². The Morgan fingerprint density at radius 3 is 2.56 bits per heavy atom. The molecule has 3 unspecified atom stereocenters. The Morgan fingerprint density at radius 1 is 1.15 bits per heavy atom. The fraction of sp³-hybridized carbons (Fsp3) is 0.700. The minimum atomic E-state index is -3.44. The Kier molecular flexibility index (Phi) is 7.14. The van der Waals surface area contributed by atoms with Gasteiger partial charge in [0.1, 0.15) is 12.4 Å². The molecular weight excluding hydrogens is 364 g/mol. The molecule has 0 bridgehead atoms. The van der Waals surface area contributed by atoms with Crippen molar-refractivity contribution in [2.45, 2.75) is 44.0 Å². The molecule has 0 aromatic heterocycles. The summed E-state index contributed by atoms with van der Waals surface area (Å²) >= 11 is 0. The van der Waals surface area contributed by atoms with E-state index in [0.29, 0.717) is 55.5 Å². The number of morpholine rings is 1. The molecule has 1 saturated carbocycles. The average molecular weight is 397 g/mol. The fourth-order valence-electron chi connectivity index (χ4n) is 3.93. The van der Waals surface area contributed by atoms with Gasteiger partial charge in [-0.1, -0.05) is 26.7 Å². The Hall–Kier alpha value is -1.15. The van der Waals surface area contributed by atoms with Crippen LogP contribution in [0.2, 0.25) is 0 Å². The third-order valence-corrected chi connectivity index (χ3v) is 7.83. The third kappa shape index (κ3) is 5.22. The lowest BCUT2D eigenvalue weighted by Gasteiger charge is -2.34. The minimum absolute atomic E-state index is 0.305. The summed E-state index contributed by atoms with van der Waals surface area (Å²) in [4.78, 5) is 0.305. The monoisotopic (exact) mass is 396 g/mol. The summed E-state index contributed by atoms with van der Waals surface area (Å²) < 4.78 is 37.7. The summed E-state index contributed by atoms with van der Waals surface area (Å²) in [6.07, 6.45) is 3.86. The van der Waals surface area contributed by atoms with Crippen molar-refractivity contribution >= 4 is 10.0 Å². The van der Waals surface area contributed by atoms with E-state index in [4.69, 9.17) is 9.47 Å². The molecule has 0 amide bonds. The quantitative estimate of drug-likeness (QED) is 0.717. The van der Waals surface area contributed by atoms with E-state index in [9.17, 15) is 8.42 Å². The van der Waals surface area contributed by atoms with Gasteiger partial charge in [0.25, 0.3) is 0 Å². The molecule has 2 fully saturated rings. The van der Waals surface area contributed by atoms with Gasteiger partial charge in [-0.05, 0) is 42.5 Å². The van der Waals surface area contributed by atoms with Crippen LogP contribution in [-0.2, 0) is 14.8 Å². The van der Waals surface area contributed by atoms with Crippen LogP contribution in [0.1, 0.15) is 33.1 Å². The van der Waals surface area contributed by atoms with E-state index in [1.807, 2.05) is 0 Å². The lowest BCUT2D eigenvalue weighted by molar-refractivity contribution is 0.0730. The molecule has 152 valence electrons. The molecular formula is C20H32N2O4S. The first-order valence-corrected chi connectivity index (χ1v) is 11.5.